The highest BCUT2D eigenvalue weighted by atomic mass is 32.2. The van der Waals surface area contributed by atoms with Crippen LogP contribution in [0.5, 0.6) is 0 Å². The van der Waals surface area contributed by atoms with Gasteiger partial charge < -0.3 is 10.1 Å². The zero-order valence-corrected chi connectivity index (χ0v) is 9.60. The number of sulfonamides is 1. The summed E-state index contributed by atoms with van der Waals surface area (Å²) in [6.07, 6.45) is 1.82. The largest absolute Gasteiger partial charge is 0.377 e. The molecule has 1 aliphatic heterocycles. The van der Waals surface area contributed by atoms with E-state index in [4.69, 9.17) is 4.74 Å². The normalized spacial score (nSPS) is 19.2. The van der Waals surface area contributed by atoms with E-state index in [9.17, 15) is 17.2 Å². The van der Waals surface area contributed by atoms with Gasteiger partial charge in [-0.3, -0.25) is 0 Å². The van der Waals surface area contributed by atoms with Crippen LogP contribution in [-0.2, 0) is 14.8 Å². The molecule has 5 nitrogen and oxygen atoms in total. The maximum absolute atomic E-state index is 11.9. The fourth-order valence-corrected chi connectivity index (χ4v) is 1.93. The molecule has 8 heteroatoms. The van der Waals surface area contributed by atoms with Crippen LogP contribution < -0.4 is 10.0 Å². The number of hydrogen-bond acceptors (Lipinski definition) is 4. The van der Waals surface area contributed by atoms with Gasteiger partial charge in [-0.25, -0.2) is 13.1 Å². The van der Waals surface area contributed by atoms with Gasteiger partial charge in [0.2, 0.25) is 0 Å². The van der Waals surface area contributed by atoms with E-state index < -0.39 is 15.8 Å². The summed E-state index contributed by atoms with van der Waals surface area (Å²) < 4.78 is 52.2. The predicted molar refractivity (Wildman–Crippen MR) is 54.8 cm³/mol. The molecule has 0 aliphatic carbocycles. The van der Waals surface area contributed by atoms with Gasteiger partial charge in [0.15, 0.2) is 0 Å². The summed E-state index contributed by atoms with van der Waals surface area (Å²) in [6.45, 7) is 1.74. The van der Waals surface area contributed by atoms with Crippen LogP contribution in [0.15, 0.2) is 0 Å². The fourth-order valence-electron chi connectivity index (χ4n) is 1.43. The summed E-state index contributed by atoms with van der Waals surface area (Å²) in [7, 11) is -4.48. The molecule has 0 unspecified atom stereocenters. The highest BCUT2D eigenvalue weighted by Gasteiger charge is 2.23. The van der Waals surface area contributed by atoms with Crippen molar-refractivity contribution in [3.63, 3.8) is 0 Å². The lowest BCUT2D eigenvalue weighted by Gasteiger charge is -2.22. The zero-order chi connectivity index (χ0) is 12.0. The predicted octanol–water partition coefficient (Wildman–Crippen LogP) is -0.103. The first-order chi connectivity index (χ1) is 7.52. The molecule has 0 aromatic carbocycles. The molecular weight excluding hydrogens is 242 g/mol. The van der Waals surface area contributed by atoms with Crippen LogP contribution in [0, 0.1) is 0 Å². The van der Waals surface area contributed by atoms with Crippen LogP contribution in [0.1, 0.15) is 12.8 Å². The third kappa shape index (κ3) is 4.69. The van der Waals surface area contributed by atoms with Crippen LogP contribution in [0.3, 0.4) is 0 Å². The Morgan fingerprint density at radius 1 is 1.38 bits per heavy atom. The van der Waals surface area contributed by atoms with Crippen LogP contribution in [-0.4, -0.2) is 46.5 Å². The Labute approximate surface area is 93.6 Å². The van der Waals surface area contributed by atoms with Gasteiger partial charge >= 0.3 is 5.76 Å². The SMILES string of the molecule is O=S(=O)(NCCOC1CCNCC1)C(F)F. The Balaban J connectivity index is 2.11. The lowest BCUT2D eigenvalue weighted by molar-refractivity contribution is 0.0365. The number of rotatable bonds is 6. The van der Waals surface area contributed by atoms with Crippen molar-refractivity contribution in [3.8, 4) is 0 Å². The van der Waals surface area contributed by atoms with Crippen molar-refractivity contribution in [2.45, 2.75) is 24.7 Å². The number of hydrogen-bond donors (Lipinski definition) is 2. The van der Waals surface area contributed by atoms with Gasteiger partial charge in [-0.1, -0.05) is 0 Å². The van der Waals surface area contributed by atoms with E-state index >= 15 is 0 Å². The van der Waals surface area contributed by atoms with E-state index in [2.05, 4.69) is 5.32 Å². The lowest BCUT2D eigenvalue weighted by atomic mass is 10.1. The number of ether oxygens (including phenoxy) is 1. The van der Waals surface area contributed by atoms with Crippen LogP contribution >= 0.6 is 0 Å². The summed E-state index contributed by atoms with van der Waals surface area (Å²) >= 11 is 0. The first-order valence-corrected chi connectivity index (χ1v) is 6.66. The Kier molecular flexibility index (Phi) is 5.53. The van der Waals surface area contributed by atoms with Crippen molar-refractivity contribution >= 4 is 10.0 Å². The van der Waals surface area contributed by atoms with Gasteiger partial charge in [0.1, 0.15) is 0 Å². The molecule has 1 heterocycles. The summed E-state index contributed by atoms with van der Waals surface area (Å²) in [5.74, 6) is -3.38. The number of nitrogens with one attached hydrogen (secondary N) is 2. The standard InChI is InChI=1S/C8H16F2N2O3S/c9-8(10)16(13,14)12-5-6-15-7-1-3-11-4-2-7/h7-8,11-12H,1-6H2. The van der Waals surface area contributed by atoms with Crippen LogP contribution in [0.25, 0.3) is 0 Å². The van der Waals surface area contributed by atoms with Crippen molar-refractivity contribution in [1.82, 2.24) is 10.0 Å². The molecule has 1 rings (SSSR count). The second kappa shape index (κ2) is 6.43. The molecule has 0 bridgehead atoms. The molecular formula is C8H16F2N2O3S. The molecule has 96 valence electrons. The summed E-state index contributed by atoms with van der Waals surface area (Å²) in [4.78, 5) is 0. The first-order valence-electron chi connectivity index (χ1n) is 5.11. The van der Waals surface area contributed by atoms with Gasteiger partial charge in [-0.05, 0) is 25.9 Å². The molecule has 1 aliphatic rings. The second-order valence-electron chi connectivity index (χ2n) is 3.52. The highest BCUT2D eigenvalue weighted by molar-refractivity contribution is 7.89. The van der Waals surface area contributed by atoms with E-state index in [-0.39, 0.29) is 19.3 Å². The van der Waals surface area contributed by atoms with Crippen molar-refractivity contribution in [2.24, 2.45) is 0 Å². The molecule has 2 N–H and O–H groups in total. The summed E-state index contributed by atoms with van der Waals surface area (Å²) in [6, 6.07) is 0. The lowest BCUT2D eigenvalue weighted by Crippen LogP contribution is -2.36. The summed E-state index contributed by atoms with van der Waals surface area (Å²) in [5, 5.41) is 3.15. The molecule has 1 saturated heterocycles. The Morgan fingerprint density at radius 3 is 2.56 bits per heavy atom. The van der Waals surface area contributed by atoms with Crippen molar-refractivity contribution in [3.05, 3.63) is 0 Å². The quantitative estimate of drug-likeness (QED) is 0.653. The van der Waals surface area contributed by atoms with Crippen LogP contribution in [0.2, 0.25) is 0 Å². The minimum absolute atomic E-state index is 0.0947. The molecule has 0 aromatic rings. The Bertz CT molecular complexity index is 292. The number of halogens is 2. The zero-order valence-electron chi connectivity index (χ0n) is 8.79. The van der Waals surface area contributed by atoms with Gasteiger partial charge in [0, 0.05) is 6.54 Å². The third-order valence-corrected chi connectivity index (χ3v) is 3.36. The maximum Gasteiger partial charge on any atom is 0.350 e. The van der Waals surface area contributed by atoms with Gasteiger partial charge in [-0.15, -0.1) is 0 Å². The maximum atomic E-state index is 11.9. The average Bonchev–Trinajstić information content (AvgIpc) is 2.26. The van der Waals surface area contributed by atoms with E-state index in [1.54, 1.807) is 4.72 Å². The number of piperidine rings is 1. The van der Waals surface area contributed by atoms with Gasteiger partial charge in [0.05, 0.1) is 12.7 Å². The van der Waals surface area contributed by atoms with Crippen LogP contribution in [0.4, 0.5) is 8.78 Å². The Morgan fingerprint density at radius 2 is 2.00 bits per heavy atom. The smallest absolute Gasteiger partial charge is 0.350 e. The molecule has 16 heavy (non-hydrogen) atoms. The average molecular weight is 258 g/mol. The topological polar surface area (TPSA) is 67.4 Å². The van der Waals surface area contributed by atoms with Gasteiger partial charge in [0.25, 0.3) is 10.0 Å². The highest BCUT2D eigenvalue weighted by Crippen LogP contribution is 2.06. The molecule has 0 atom stereocenters. The third-order valence-electron chi connectivity index (χ3n) is 2.28. The molecule has 0 saturated carbocycles. The monoisotopic (exact) mass is 258 g/mol. The minimum atomic E-state index is -4.48. The second-order valence-corrected chi connectivity index (χ2v) is 5.26. The van der Waals surface area contributed by atoms with Crippen molar-refractivity contribution < 1.29 is 21.9 Å². The molecule has 0 spiro atoms. The van der Waals surface area contributed by atoms with E-state index in [1.165, 1.54) is 0 Å². The number of alkyl halides is 2. The molecule has 0 radical (unpaired) electrons. The fraction of sp³-hybridized carbons (Fsp3) is 1.00. The minimum Gasteiger partial charge on any atom is -0.377 e. The van der Waals surface area contributed by atoms with Crippen molar-refractivity contribution in [2.75, 3.05) is 26.2 Å². The summed E-state index contributed by atoms with van der Waals surface area (Å²) in [5.41, 5.74) is 0. The Hall–Kier alpha value is -0.310. The molecule has 0 amide bonds. The van der Waals surface area contributed by atoms with Gasteiger partial charge in [-0.2, -0.15) is 8.78 Å². The van der Waals surface area contributed by atoms with E-state index in [1.807, 2.05) is 0 Å². The van der Waals surface area contributed by atoms with E-state index in [0.29, 0.717) is 0 Å². The first kappa shape index (κ1) is 13.8. The van der Waals surface area contributed by atoms with Crippen molar-refractivity contribution in [1.29, 1.82) is 0 Å². The molecule has 1 fully saturated rings. The van der Waals surface area contributed by atoms with E-state index in [0.717, 1.165) is 25.9 Å². The molecule has 0 aromatic heterocycles.